The Bertz CT molecular complexity index is 626. The molecule has 0 saturated carbocycles. The zero-order valence-corrected chi connectivity index (χ0v) is 8.81. The van der Waals surface area contributed by atoms with E-state index in [0.717, 1.165) is 11.3 Å². The summed E-state index contributed by atoms with van der Waals surface area (Å²) in [6.45, 7) is 0. The first-order valence-corrected chi connectivity index (χ1v) is 5.12. The Morgan fingerprint density at radius 3 is 2.82 bits per heavy atom. The number of hydrogen-bond donors (Lipinski definition) is 2. The summed E-state index contributed by atoms with van der Waals surface area (Å²) in [6, 6.07) is 10.7. The van der Waals surface area contributed by atoms with Gasteiger partial charge in [-0.05, 0) is 18.2 Å². The molecular weight excluding hydrogens is 218 g/mol. The van der Waals surface area contributed by atoms with Gasteiger partial charge in [-0.2, -0.15) is 5.10 Å². The van der Waals surface area contributed by atoms with Crippen molar-refractivity contribution in [2.45, 2.75) is 0 Å². The third-order valence-electron chi connectivity index (χ3n) is 2.44. The summed E-state index contributed by atoms with van der Waals surface area (Å²) in [5, 5.41) is 6.31. The summed E-state index contributed by atoms with van der Waals surface area (Å²) in [5.41, 5.74) is 4.86. The fourth-order valence-corrected chi connectivity index (χ4v) is 1.61. The van der Waals surface area contributed by atoms with Crippen molar-refractivity contribution < 1.29 is 4.84 Å². The summed E-state index contributed by atoms with van der Waals surface area (Å²) in [7, 11) is 0. The Hall–Kier alpha value is -2.56. The number of benzene rings is 1. The molecule has 0 fully saturated rings. The number of aromatic nitrogens is 2. The van der Waals surface area contributed by atoms with Gasteiger partial charge in [0, 0.05) is 11.6 Å². The summed E-state index contributed by atoms with van der Waals surface area (Å²) in [6.07, 6.45) is 1.92. The van der Waals surface area contributed by atoms with Gasteiger partial charge in [0.25, 0.3) is 5.56 Å². The first-order valence-electron chi connectivity index (χ1n) is 5.12. The van der Waals surface area contributed by atoms with Gasteiger partial charge in [0.2, 0.25) is 0 Å². The fourth-order valence-electron chi connectivity index (χ4n) is 1.61. The molecule has 2 N–H and O–H groups in total. The van der Waals surface area contributed by atoms with Gasteiger partial charge in [-0.25, -0.2) is 10.6 Å². The average Bonchev–Trinajstić information content (AvgIpc) is 2.39. The Labute approximate surface area is 96.7 Å². The smallest absolute Gasteiger partial charge is 0.264 e. The average molecular weight is 227 g/mol. The number of nitrogens with zero attached hydrogens (tertiary/aromatic N) is 1. The van der Waals surface area contributed by atoms with E-state index < -0.39 is 0 Å². The third-order valence-corrected chi connectivity index (χ3v) is 2.44. The van der Waals surface area contributed by atoms with E-state index in [4.69, 9.17) is 4.84 Å². The highest BCUT2D eigenvalue weighted by Gasteiger charge is 2.12. The van der Waals surface area contributed by atoms with Crippen LogP contribution in [-0.2, 0) is 0 Å². The van der Waals surface area contributed by atoms with Gasteiger partial charge in [-0.15, -0.1) is 0 Å². The number of hydroxylamine groups is 1. The van der Waals surface area contributed by atoms with Crippen LogP contribution in [0.3, 0.4) is 0 Å². The third kappa shape index (κ3) is 1.78. The lowest BCUT2D eigenvalue weighted by atomic mass is 10.1. The summed E-state index contributed by atoms with van der Waals surface area (Å²) < 4.78 is 0. The molecule has 3 rings (SSSR count). The number of para-hydroxylation sites is 1. The summed E-state index contributed by atoms with van der Waals surface area (Å²) in [5.74, 6) is 0.765. The van der Waals surface area contributed by atoms with Gasteiger partial charge in [0.1, 0.15) is 5.69 Å². The Morgan fingerprint density at radius 2 is 2.00 bits per heavy atom. The second kappa shape index (κ2) is 3.79. The molecule has 0 atom stereocenters. The molecule has 17 heavy (non-hydrogen) atoms. The predicted octanol–water partition coefficient (Wildman–Crippen LogP) is 1.16. The minimum Gasteiger partial charge on any atom is -0.381 e. The van der Waals surface area contributed by atoms with Gasteiger partial charge in [0.05, 0.1) is 5.70 Å². The van der Waals surface area contributed by atoms with Crippen molar-refractivity contribution in [2.75, 3.05) is 0 Å². The zero-order valence-electron chi connectivity index (χ0n) is 8.81. The van der Waals surface area contributed by atoms with Crippen LogP contribution in [0.25, 0.3) is 11.8 Å². The van der Waals surface area contributed by atoms with Crippen LogP contribution in [0.5, 0.6) is 5.75 Å². The van der Waals surface area contributed by atoms with Gasteiger partial charge in [-0.1, -0.05) is 18.2 Å². The van der Waals surface area contributed by atoms with Crippen LogP contribution in [-0.4, -0.2) is 10.2 Å². The topological polar surface area (TPSA) is 67.0 Å². The molecular formula is C12H9N3O2. The molecule has 1 aliphatic rings. The van der Waals surface area contributed by atoms with E-state index in [1.807, 2.05) is 30.3 Å². The Morgan fingerprint density at radius 1 is 1.12 bits per heavy atom. The van der Waals surface area contributed by atoms with Crippen LogP contribution in [0.15, 0.2) is 41.2 Å². The van der Waals surface area contributed by atoms with Gasteiger partial charge in [-0.3, -0.25) is 4.79 Å². The number of hydrogen-bond acceptors (Lipinski definition) is 4. The molecule has 5 nitrogen and oxygen atoms in total. The SMILES string of the molecule is O=c1ccc(C2=Cc3ccccc3ON2)n[nH]1. The molecule has 0 saturated heterocycles. The second-order valence-electron chi connectivity index (χ2n) is 3.61. The van der Waals surface area contributed by atoms with E-state index >= 15 is 0 Å². The highest BCUT2D eigenvalue weighted by molar-refractivity contribution is 5.81. The van der Waals surface area contributed by atoms with E-state index in [-0.39, 0.29) is 5.56 Å². The van der Waals surface area contributed by atoms with Crippen LogP contribution in [0.2, 0.25) is 0 Å². The minimum absolute atomic E-state index is 0.230. The van der Waals surface area contributed by atoms with E-state index in [1.165, 1.54) is 6.07 Å². The minimum atomic E-state index is -0.230. The van der Waals surface area contributed by atoms with Crippen molar-refractivity contribution in [1.82, 2.24) is 15.7 Å². The Balaban J connectivity index is 2.04. The van der Waals surface area contributed by atoms with Crippen molar-refractivity contribution in [2.24, 2.45) is 0 Å². The lowest BCUT2D eigenvalue weighted by Gasteiger charge is -2.17. The summed E-state index contributed by atoms with van der Waals surface area (Å²) in [4.78, 5) is 16.3. The van der Waals surface area contributed by atoms with Crippen LogP contribution in [0.1, 0.15) is 11.3 Å². The van der Waals surface area contributed by atoms with E-state index in [9.17, 15) is 4.79 Å². The number of rotatable bonds is 1. The number of H-pyrrole nitrogens is 1. The van der Waals surface area contributed by atoms with Crippen molar-refractivity contribution >= 4 is 11.8 Å². The Kier molecular flexibility index (Phi) is 2.15. The quantitative estimate of drug-likeness (QED) is 0.767. The van der Waals surface area contributed by atoms with Crippen LogP contribution in [0, 0.1) is 0 Å². The summed E-state index contributed by atoms with van der Waals surface area (Å²) >= 11 is 0. The maximum absolute atomic E-state index is 10.9. The van der Waals surface area contributed by atoms with Crippen molar-refractivity contribution in [3.05, 3.63) is 58.0 Å². The maximum atomic E-state index is 10.9. The van der Waals surface area contributed by atoms with E-state index in [2.05, 4.69) is 15.7 Å². The molecule has 1 aromatic carbocycles. The first kappa shape index (κ1) is 9.65. The molecule has 0 spiro atoms. The molecule has 2 heterocycles. The van der Waals surface area contributed by atoms with Crippen molar-refractivity contribution in [1.29, 1.82) is 0 Å². The molecule has 0 amide bonds. The van der Waals surface area contributed by atoms with E-state index in [1.54, 1.807) is 6.07 Å². The molecule has 1 aromatic heterocycles. The first-order chi connectivity index (χ1) is 8.33. The van der Waals surface area contributed by atoms with Gasteiger partial charge in [0.15, 0.2) is 5.75 Å². The predicted molar refractivity (Wildman–Crippen MR) is 62.9 cm³/mol. The normalized spacial score (nSPS) is 13.1. The number of nitrogens with one attached hydrogen (secondary N) is 2. The fraction of sp³-hybridized carbons (Fsp3) is 0. The number of fused-ring (bicyclic) bond motifs is 1. The molecule has 1 aliphatic heterocycles. The van der Waals surface area contributed by atoms with Crippen LogP contribution >= 0.6 is 0 Å². The largest absolute Gasteiger partial charge is 0.381 e. The van der Waals surface area contributed by atoms with Crippen molar-refractivity contribution in [3.8, 4) is 5.75 Å². The monoisotopic (exact) mass is 227 g/mol. The molecule has 0 aliphatic carbocycles. The molecule has 0 radical (unpaired) electrons. The number of aromatic amines is 1. The maximum Gasteiger partial charge on any atom is 0.264 e. The lowest BCUT2D eigenvalue weighted by Crippen LogP contribution is -2.22. The molecule has 0 bridgehead atoms. The van der Waals surface area contributed by atoms with E-state index in [0.29, 0.717) is 11.4 Å². The molecule has 84 valence electrons. The van der Waals surface area contributed by atoms with Crippen molar-refractivity contribution in [3.63, 3.8) is 0 Å². The van der Waals surface area contributed by atoms with Crippen LogP contribution in [0.4, 0.5) is 0 Å². The highest BCUT2D eigenvalue weighted by atomic mass is 16.6. The second-order valence-corrected chi connectivity index (χ2v) is 3.61. The van der Waals surface area contributed by atoms with Crippen LogP contribution < -0.4 is 15.9 Å². The molecule has 5 heteroatoms. The van der Waals surface area contributed by atoms with Gasteiger partial charge >= 0.3 is 0 Å². The standard InChI is InChI=1S/C12H9N3O2/c16-12-6-5-9(13-14-12)10-7-8-3-1-2-4-11(8)17-15-10/h1-7,15H,(H,14,16). The molecule has 0 unspecified atom stereocenters. The zero-order chi connectivity index (χ0) is 11.7. The van der Waals surface area contributed by atoms with Gasteiger partial charge < -0.3 is 4.84 Å². The molecule has 2 aromatic rings. The highest BCUT2D eigenvalue weighted by Crippen LogP contribution is 2.26. The lowest BCUT2D eigenvalue weighted by molar-refractivity contribution is 0.248.